The van der Waals surface area contributed by atoms with Crippen molar-refractivity contribution in [2.24, 2.45) is 0 Å². The fourth-order valence-electron chi connectivity index (χ4n) is 4.70. The highest BCUT2D eigenvalue weighted by Gasteiger charge is 2.52. The molecule has 0 bridgehead atoms. The fraction of sp³-hybridized carbons (Fsp3) is 0.250. The number of amides is 1. The van der Waals surface area contributed by atoms with E-state index in [9.17, 15) is 14.7 Å². The number of nitrogens with one attached hydrogen (secondary N) is 1. The topological polar surface area (TPSA) is 111 Å². The van der Waals surface area contributed by atoms with E-state index in [-0.39, 0.29) is 22.5 Å². The lowest BCUT2D eigenvalue weighted by atomic mass is 10.1. The molecule has 1 saturated heterocycles. The van der Waals surface area contributed by atoms with Gasteiger partial charge in [-0.15, -0.1) is 0 Å². The van der Waals surface area contributed by atoms with Gasteiger partial charge in [0.15, 0.2) is 11.3 Å². The first-order chi connectivity index (χ1) is 17.9. The van der Waals surface area contributed by atoms with Gasteiger partial charge in [0.2, 0.25) is 6.23 Å². The van der Waals surface area contributed by atoms with Crippen LogP contribution in [0.2, 0.25) is 0 Å². The van der Waals surface area contributed by atoms with Gasteiger partial charge < -0.3 is 24.4 Å². The third-order valence-electron chi connectivity index (χ3n) is 6.67. The Morgan fingerprint density at radius 1 is 1.14 bits per heavy atom. The summed E-state index contributed by atoms with van der Waals surface area (Å²) in [5.74, 6) is -0.786. The summed E-state index contributed by atoms with van der Waals surface area (Å²) >= 11 is 0. The number of hydroxylamine groups is 3. The molecule has 0 saturated carbocycles. The van der Waals surface area contributed by atoms with Crippen molar-refractivity contribution in [2.75, 3.05) is 19.0 Å². The Hall–Kier alpha value is -4.21. The van der Waals surface area contributed by atoms with Crippen LogP contribution in [0.15, 0.2) is 71.1 Å². The van der Waals surface area contributed by atoms with E-state index >= 15 is 0 Å². The number of ether oxygens (including phenoxy) is 1. The Morgan fingerprint density at radius 2 is 1.92 bits per heavy atom. The van der Waals surface area contributed by atoms with E-state index in [4.69, 9.17) is 14.0 Å². The predicted molar refractivity (Wildman–Crippen MR) is 136 cm³/mol. The van der Waals surface area contributed by atoms with Crippen molar-refractivity contribution in [1.82, 2.24) is 4.98 Å². The molecule has 9 heteroatoms. The van der Waals surface area contributed by atoms with Crippen LogP contribution in [0.25, 0.3) is 11.1 Å². The third kappa shape index (κ3) is 4.91. The molecular formula is C28H28N3O6+. The second-order valence-electron chi connectivity index (χ2n) is 9.10. The van der Waals surface area contributed by atoms with E-state index < -0.39 is 12.2 Å². The standard InChI is InChI=1S/C28H27N3O6/c1-18-6-3-4-7-22(18)29-28-30-23-14-9-19(16-24(23)36-28)17-25(32)31(15-5-8-26(31)35-2)37-21-12-10-20(11-13-21)27(33)34/h3-4,6-7,9-14,16,26H,5,8,15,17H2,1-2H3,(H-,29,30,33,34)/p+1. The van der Waals surface area contributed by atoms with Gasteiger partial charge in [-0.3, -0.25) is 0 Å². The number of aryl methyl sites for hydroxylation is 1. The molecule has 2 unspecified atom stereocenters. The number of hydrogen-bond acceptors (Lipinski definition) is 7. The van der Waals surface area contributed by atoms with Crippen LogP contribution < -0.4 is 10.2 Å². The van der Waals surface area contributed by atoms with Crippen molar-refractivity contribution in [2.45, 2.75) is 32.4 Å². The minimum Gasteiger partial charge on any atom is -0.478 e. The number of fused-ring (bicyclic) bond motifs is 1. The molecule has 1 amide bonds. The van der Waals surface area contributed by atoms with Crippen LogP contribution in [0.1, 0.15) is 34.3 Å². The fourth-order valence-corrected chi connectivity index (χ4v) is 4.70. The number of carboxylic acid groups (broad SMARTS) is 1. The molecular weight excluding hydrogens is 474 g/mol. The Bertz CT molecular complexity index is 1450. The number of nitrogens with zero attached hydrogens (tertiary/aromatic N) is 2. The molecule has 0 radical (unpaired) electrons. The number of hydrogen-bond donors (Lipinski definition) is 2. The average molecular weight is 503 g/mol. The molecule has 1 aliphatic rings. The minimum atomic E-state index is -1.03. The van der Waals surface area contributed by atoms with Crippen LogP contribution in [0.4, 0.5) is 11.7 Å². The molecule has 2 atom stereocenters. The van der Waals surface area contributed by atoms with Gasteiger partial charge in [0.25, 0.3) is 6.01 Å². The number of para-hydroxylation sites is 1. The van der Waals surface area contributed by atoms with Crippen LogP contribution >= 0.6 is 0 Å². The molecule has 4 aromatic rings. The molecule has 3 aromatic carbocycles. The molecule has 0 aliphatic carbocycles. The summed E-state index contributed by atoms with van der Waals surface area (Å²) in [6.45, 7) is 2.45. The first kappa shape index (κ1) is 24.5. The SMILES string of the molecule is COC1CCC[N+]1(Oc1ccc(C(=O)O)cc1)C(=O)Cc1ccc2nc(Nc3ccccc3C)oc2c1. The number of carboxylic acids is 1. The van der Waals surface area contributed by atoms with Gasteiger partial charge >= 0.3 is 11.9 Å². The molecule has 1 fully saturated rings. The summed E-state index contributed by atoms with van der Waals surface area (Å²) in [5, 5.41) is 12.4. The van der Waals surface area contributed by atoms with Crippen molar-refractivity contribution in [3.8, 4) is 5.75 Å². The Balaban J connectivity index is 1.38. The summed E-state index contributed by atoms with van der Waals surface area (Å²) in [5.41, 5.74) is 4.14. The maximum Gasteiger partial charge on any atom is 0.361 e. The number of methoxy groups -OCH3 is 1. The Morgan fingerprint density at radius 3 is 2.65 bits per heavy atom. The van der Waals surface area contributed by atoms with Crippen molar-refractivity contribution >= 4 is 34.7 Å². The van der Waals surface area contributed by atoms with Crippen LogP contribution in [0.5, 0.6) is 5.75 Å². The van der Waals surface area contributed by atoms with E-state index in [1.165, 1.54) is 12.1 Å². The molecule has 190 valence electrons. The first-order valence-corrected chi connectivity index (χ1v) is 12.1. The zero-order valence-electron chi connectivity index (χ0n) is 20.6. The Kier molecular flexibility index (Phi) is 6.64. The van der Waals surface area contributed by atoms with Gasteiger partial charge in [0, 0.05) is 25.6 Å². The molecule has 5 rings (SSSR count). The maximum absolute atomic E-state index is 13.7. The second-order valence-corrected chi connectivity index (χ2v) is 9.10. The number of oxazole rings is 1. The van der Waals surface area contributed by atoms with Crippen LogP contribution in [0, 0.1) is 6.92 Å². The lowest BCUT2D eigenvalue weighted by Gasteiger charge is -2.33. The lowest BCUT2D eigenvalue weighted by Crippen LogP contribution is -2.59. The van der Waals surface area contributed by atoms with Crippen LogP contribution in [-0.4, -0.2) is 46.5 Å². The number of aromatic nitrogens is 1. The molecule has 37 heavy (non-hydrogen) atoms. The van der Waals surface area contributed by atoms with Gasteiger partial charge in [-0.05, 0) is 65.2 Å². The number of aromatic carboxylic acids is 1. The predicted octanol–water partition coefficient (Wildman–Crippen LogP) is 5.22. The van der Waals surface area contributed by atoms with Crippen LogP contribution in [-0.2, 0) is 16.0 Å². The molecule has 1 aliphatic heterocycles. The highest BCUT2D eigenvalue weighted by Crippen LogP contribution is 2.32. The van der Waals surface area contributed by atoms with Crippen molar-refractivity contribution in [1.29, 1.82) is 0 Å². The summed E-state index contributed by atoms with van der Waals surface area (Å²) in [7, 11) is 1.57. The van der Waals surface area contributed by atoms with E-state index in [0.717, 1.165) is 23.2 Å². The van der Waals surface area contributed by atoms with E-state index in [1.54, 1.807) is 19.2 Å². The number of quaternary nitrogens is 1. The monoisotopic (exact) mass is 502 g/mol. The van der Waals surface area contributed by atoms with Gasteiger partial charge in [0.1, 0.15) is 12.1 Å². The largest absolute Gasteiger partial charge is 0.478 e. The van der Waals surface area contributed by atoms with E-state index in [0.29, 0.717) is 35.8 Å². The number of anilines is 2. The van der Waals surface area contributed by atoms with E-state index in [2.05, 4.69) is 10.3 Å². The van der Waals surface area contributed by atoms with E-state index in [1.807, 2.05) is 49.4 Å². The minimum absolute atomic E-state index is 0.101. The summed E-state index contributed by atoms with van der Waals surface area (Å²) < 4.78 is 11.3. The zero-order valence-corrected chi connectivity index (χ0v) is 20.6. The Labute approximate surface area is 213 Å². The third-order valence-corrected chi connectivity index (χ3v) is 6.67. The smallest absolute Gasteiger partial charge is 0.361 e. The van der Waals surface area contributed by atoms with Crippen LogP contribution in [0.3, 0.4) is 0 Å². The zero-order chi connectivity index (χ0) is 26.0. The maximum atomic E-state index is 13.7. The van der Waals surface area contributed by atoms with Crippen molar-refractivity contribution in [3.05, 3.63) is 83.4 Å². The van der Waals surface area contributed by atoms with Gasteiger partial charge in [-0.25, -0.2) is 9.59 Å². The average Bonchev–Trinajstić information content (AvgIpc) is 3.49. The molecule has 0 spiro atoms. The molecule has 2 heterocycles. The van der Waals surface area contributed by atoms with Gasteiger partial charge in [-0.1, -0.05) is 24.3 Å². The number of rotatable bonds is 8. The highest BCUT2D eigenvalue weighted by atomic mass is 16.8. The summed E-state index contributed by atoms with van der Waals surface area (Å²) in [6.07, 6.45) is 1.06. The van der Waals surface area contributed by atoms with Gasteiger partial charge in [0.05, 0.1) is 12.0 Å². The molecule has 1 aromatic heterocycles. The van der Waals surface area contributed by atoms with Gasteiger partial charge in [-0.2, -0.15) is 4.98 Å². The normalized spacial score (nSPS) is 19.1. The number of carbonyl (C=O) groups excluding carboxylic acids is 1. The number of likely N-dealkylation sites (tertiary alicyclic amines) is 1. The van der Waals surface area contributed by atoms with Crippen molar-refractivity contribution < 1.29 is 33.3 Å². The van der Waals surface area contributed by atoms with Crippen molar-refractivity contribution in [3.63, 3.8) is 0 Å². The lowest BCUT2D eigenvalue weighted by molar-refractivity contribution is -1.04. The molecule has 2 N–H and O–H groups in total. The second kappa shape index (κ2) is 10.0. The first-order valence-electron chi connectivity index (χ1n) is 12.1. The highest BCUT2D eigenvalue weighted by molar-refractivity contribution is 5.87. The quantitative estimate of drug-likeness (QED) is 0.315. The summed E-state index contributed by atoms with van der Waals surface area (Å²) in [4.78, 5) is 35.7. The number of carbonyl (C=O) groups is 2. The summed E-state index contributed by atoms with van der Waals surface area (Å²) in [6, 6.07) is 19.8. The molecule has 9 nitrogen and oxygen atoms in total. The number of benzene rings is 3.